The van der Waals surface area contributed by atoms with Crippen molar-refractivity contribution in [2.45, 2.75) is 18.7 Å². The van der Waals surface area contributed by atoms with Crippen molar-refractivity contribution in [3.63, 3.8) is 0 Å². The lowest BCUT2D eigenvalue weighted by Crippen LogP contribution is -2.25. The third-order valence-corrected chi connectivity index (χ3v) is 5.55. The van der Waals surface area contributed by atoms with Crippen LogP contribution in [-0.2, 0) is 14.8 Å². The lowest BCUT2D eigenvalue weighted by atomic mass is 10.1. The highest BCUT2D eigenvalue weighted by molar-refractivity contribution is 7.89. The highest BCUT2D eigenvalue weighted by Gasteiger charge is 2.11. The van der Waals surface area contributed by atoms with Crippen LogP contribution in [0, 0.1) is 6.92 Å². The standard InChI is InChI=1S/C18H20ClN3O4S/c1-12-10-15(6-9-17(12)19)26-11-18(23)22-21-13(2)14-4-7-16(8-5-14)27(24,25)20-3/h4-10,20H,11H2,1-3H3,(H,22,23)/b21-13-. The summed E-state index contributed by atoms with van der Waals surface area (Å²) in [5.41, 5.74) is 4.46. The molecule has 0 aliphatic rings. The Morgan fingerprint density at radius 2 is 1.85 bits per heavy atom. The lowest BCUT2D eigenvalue weighted by Gasteiger charge is -2.08. The van der Waals surface area contributed by atoms with Crippen molar-refractivity contribution >= 4 is 33.2 Å². The minimum Gasteiger partial charge on any atom is -0.484 e. The Morgan fingerprint density at radius 1 is 1.19 bits per heavy atom. The number of aryl methyl sites for hydroxylation is 1. The van der Waals surface area contributed by atoms with Gasteiger partial charge in [0.2, 0.25) is 10.0 Å². The molecule has 0 aliphatic heterocycles. The molecule has 0 fully saturated rings. The highest BCUT2D eigenvalue weighted by atomic mass is 35.5. The normalized spacial score (nSPS) is 11.9. The largest absolute Gasteiger partial charge is 0.484 e. The molecule has 0 atom stereocenters. The van der Waals surface area contributed by atoms with Crippen LogP contribution in [0.3, 0.4) is 0 Å². The zero-order valence-corrected chi connectivity index (χ0v) is 16.7. The predicted octanol–water partition coefficient (Wildman–Crippen LogP) is 2.48. The second kappa shape index (κ2) is 8.98. The molecule has 2 aromatic rings. The SMILES string of the molecule is CNS(=O)(=O)c1ccc(/C(C)=N\NC(=O)COc2ccc(Cl)c(C)c2)cc1. The number of sulfonamides is 1. The van der Waals surface area contributed by atoms with Crippen molar-refractivity contribution in [1.29, 1.82) is 0 Å². The van der Waals surface area contributed by atoms with Gasteiger partial charge in [0.15, 0.2) is 6.61 Å². The molecule has 0 bridgehead atoms. The van der Waals surface area contributed by atoms with Crippen LogP contribution in [0.2, 0.25) is 5.02 Å². The molecule has 144 valence electrons. The second-order valence-corrected chi connectivity index (χ2v) is 7.96. The van der Waals surface area contributed by atoms with E-state index in [9.17, 15) is 13.2 Å². The number of carbonyl (C=O) groups excluding carboxylic acids is 1. The summed E-state index contributed by atoms with van der Waals surface area (Å²) >= 11 is 5.94. The Labute approximate surface area is 163 Å². The van der Waals surface area contributed by atoms with E-state index in [0.29, 0.717) is 22.0 Å². The van der Waals surface area contributed by atoms with Crippen LogP contribution in [0.15, 0.2) is 52.5 Å². The molecule has 0 saturated carbocycles. The number of halogens is 1. The number of ether oxygens (including phenoxy) is 1. The number of nitrogens with one attached hydrogen (secondary N) is 2. The Kier molecular flexibility index (Phi) is 6.95. The fourth-order valence-corrected chi connectivity index (χ4v) is 2.94. The molecule has 0 aliphatic carbocycles. The summed E-state index contributed by atoms with van der Waals surface area (Å²) < 4.78 is 31.0. The summed E-state index contributed by atoms with van der Waals surface area (Å²) in [5.74, 6) is 0.116. The maximum Gasteiger partial charge on any atom is 0.277 e. The zero-order valence-electron chi connectivity index (χ0n) is 15.1. The third-order valence-electron chi connectivity index (χ3n) is 3.70. The molecule has 2 rings (SSSR count). The van der Waals surface area contributed by atoms with Gasteiger partial charge in [-0.15, -0.1) is 0 Å². The molecule has 0 saturated heterocycles. The van der Waals surface area contributed by atoms with Gasteiger partial charge in [0.05, 0.1) is 10.6 Å². The first kappa shape index (κ1) is 20.9. The van der Waals surface area contributed by atoms with E-state index in [-0.39, 0.29) is 11.5 Å². The molecule has 0 unspecified atom stereocenters. The van der Waals surface area contributed by atoms with Crippen molar-refractivity contribution < 1.29 is 17.9 Å². The van der Waals surface area contributed by atoms with E-state index in [1.807, 2.05) is 6.92 Å². The summed E-state index contributed by atoms with van der Waals surface area (Å²) in [6, 6.07) is 11.3. The van der Waals surface area contributed by atoms with E-state index in [0.717, 1.165) is 5.56 Å². The zero-order chi connectivity index (χ0) is 20.0. The van der Waals surface area contributed by atoms with Gasteiger partial charge in [-0.25, -0.2) is 18.6 Å². The predicted molar refractivity (Wildman–Crippen MR) is 105 cm³/mol. The van der Waals surface area contributed by atoms with Gasteiger partial charge in [0, 0.05) is 5.02 Å². The molecule has 2 N–H and O–H groups in total. The monoisotopic (exact) mass is 409 g/mol. The van der Waals surface area contributed by atoms with Crippen LogP contribution in [-0.4, -0.2) is 33.7 Å². The molecular formula is C18H20ClN3O4S. The van der Waals surface area contributed by atoms with E-state index in [1.165, 1.54) is 19.2 Å². The summed E-state index contributed by atoms with van der Waals surface area (Å²) in [6.45, 7) is 3.35. The number of hydrogen-bond acceptors (Lipinski definition) is 5. The van der Waals surface area contributed by atoms with Crippen LogP contribution in [0.4, 0.5) is 0 Å². The quantitative estimate of drug-likeness (QED) is 0.542. The smallest absolute Gasteiger partial charge is 0.277 e. The number of hydrogen-bond donors (Lipinski definition) is 2. The maximum absolute atomic E-state index is 11.9. The van der Waals surface area contributed by atoms with Gasteiger partial charge in [0.1, 0.15) is 5.75 Å². The van der Waals surface area contributed by atoms with Crippen molar-refractivity contribution in [2.75, 3.05) is 13.7 Å². The van der Waals surface area contributed by atoms with Gasteiger partial charge in [-0.3, -0.25) is 4.79 Å². The highest BCUT2D eigenvalue weighted by Crippen LogP contribution is 2.20. The molecule has 0 aromatic heterocycles. The number of amides is 1. The summed E-state index contributed by atoms with van der Waals surface area (Å²) in [5, 5.41) is 4.63. The second-order valence-electron chi connectivity index (χ2n) is 5.66. The van der Waals surface area contributed by atoms with E-state index < -0.39 is 15.9 Å². The molecule has 7 nitrogen and oxygen atoms in total. The van der Waals surface area contributed by atoms with Gasteiger partial charge in [-0.2, -0.15) is 5.10 Å². The lowest BCUT2D eigenvalue weighted by molar-refractivity contribution is -0.123. The van der Waals surface area contributed by atoms with Crippen molar-refractivity contribution in [2.24, 2.45) is 5.10 Å². The number of nitrogens with zero attached hydrogens (tertiary/aromatic N) is 1. The Morgan fingerprint density at radius 3 is 2.44 bits per heavy atom. The molecule has 0 radical (unpaired) electrons. The van der Waals surface area contributed by atoms with Crippen molar-refractivity contribution in [3.05, 3.63) is 58.6 Å². The first-order valence-corrected chi connectivity index (χ1v) is 9.85. The molecule has 9 heteroatoms. The summed E-state index contributed by atoms with van der Waals surface area (Å²) in [6.07, 6.45) is 0. The fraction of sp³-hybridized carbons (Fsp3) is 0.222. The Hall–Kier alpha value is -2.42. The van der Waals surface area contributed by atoms with E-state index in [2.05, 4.69) is 15.2 Å². The molecule has 1 amide bonds. The van der Waals surface area contributed by atoms with E-state index >= 15 is 0 Å². The topological polar surface area (TPSA) is 96.9 Å². The third kappa shape index (κ3) is 5.78. The van der Waals surface area contributed by atoms with Gasteiger partial charge in [0.25, 0.3) is 5.91 Å². The number of benzene rings is 2. The Balaban J connectivity index is 1.94. The molecule has 27 heavy (non-hydrogen) atoms. The van der Waals surface area contributed by atoms with Gasteiger partial charge >= 0.3 is 0 Å². The molecular weight excluding hydrogens is 390 g/mol. The Bertz CT molecular complexity index is 957. The molecule has 0 heterocycles. The van der Waals surface area contributed by atoms with Crippen LogP contribution in [0.1, 0.15) is 18.1 Å². The average Bonchev–Trinajstić information content (AvgIpc) is 2.67. The maximum atomic E-state index is 11.9. The summed E-state index contributed by atoms with van der Waals surface area (Å²) in [4.78, 5) is 12.0. The number of rotatable bonds is 7. The minimum atomic E-state index is -3.49. The van der Waals surface area contributed by atoms with Crippen LogP contribution in [0.25, 0.3) is 0 Å². The fourth-order valence-electron chi connectivity index (χ4n) is 2.09. The van der Waals surface area contributed by atoms with Crippen LogP contribution >= 0.6 is 11.6 Å². The van der Waals surface area contributed by atoms with Crippen LogP contribution < -0.4 is 14.9 Å². The van der Waals surface area contributed by atoms with Crippen molar-refractivity contribution in [3.8, 4) is 5.75 Å². The van der Waals surface area contributed by atoms with Gasteiger partial charge in [-0.05, 0) is 62.4 Å². The minimum absolute atomic E-state index is 0.150. The number of carbonyl (C=O) groups is 1. The number of hydrazone groups is 1. The first-order valence-electron chi connectivity index (χ1n) is 7.99. The average molecular weight is 410 g/mol. The summed E-state index contributed by atoms with van der Waals surface area (Å²) in [7, 11) is -2.14. The van der Waals surface area contributed by atoms with Crippen LogP contribution in [0.5, 0.6) is 5.75 Å². The van der Waals surface area contributed by atoms with E-state index in [4.69, 9.17) is 16.3 Å². The van der Waals surface area contributed by atoms with Crippen molar-refractivity contribution in [1.82, 2.24) is 10.1 Å². The van der Waals surface area contributed by atoms with Gasteiger partial charge < -0.3 is 4.74 Å². The first-order chi connectivity index (χ1) is 12.7. The van der Waals surface area contributed by atoms with E-state index in [1.54, 1.807) is 37.3 Å². The molecule has 0 spiro atoms. The van der Waals surface area contributed by atoms with Gasteiger partial charge in [-0.1, -0.05) is 23.7 Å². The molecule has 2 aromatic carbocycles.